The molecule has 2 heterocycles. The molecular formula is C16H25N3O. The minimum absolute atomic E-state index is 0.147. The third-order valence-corrected chi connectivity index (χ3v) is 3.70. The van der Waals surface area contributed by atoms with E-state index in [9.17, 15) is 4.79 Å². The van der Waals surface area contributed by atoms with E-state index in [0.29, 0.717) is 5.92 Å². The van der Waals surface area contributed by atoms with Crippen molar-refractivity contribution in [2.75, 3.05) is 25.0 Å². The fourth-order valence-corrected chi connectivity index (χ4v) is 2.67. The molecule has 110 valence electrons. The lowest BCUT2D eigenvalue weighted by Gasteiger charge is -2.17. The average Bonchev–Trinajstić information content (AvgIpc) is 2.85. The molecule has 1 atom stereocenters. The molecule has 1 amide bonds. The predicted molar refractivity (Wildman–Crippen MR) is 82.1 cm³/mol. The van der Waals surface area contributed by atoms with Crippen LogP contribution in [-0.2, 0) is 6.42 Å². The van der Waals surface area contributed by atoms with E-state index in [4.69, 9.17) is 0 Å². The van der Waals surface area contributed by atoms with Crippen LogP contribution in [0, 0.1) is 5.92 Å². The van der Waals surface area contributed by atoms with E-state index < -0.39 is 0 Å². The molecule has 4 nitrogen and oxygen atoms in total. The predicted octanol–water partition coefficient (Wildman–Crippen LogP) is 2.95. The summed E-state index contributed by atoms with van der Waals surface area (Å²) in [6.45, 7) is 8.94. The molecule has 1 saturated heterocycles. The van der Waals surface area contributed by atoms with Crippen LogP contribution in [0.1, 0.15) is 49.7 Å². The molecule has 1 N–H and O–H groups in total. The molecule has 4 heteroatoms. The van der Waals surface area contributed by atoms with Crippen molar-refractivity contribution >= 4 is 11.7 Å². The van der Waals surface area contributed by atoms with E-state index in [-0.39, 0.29) is 5.91 Å². The Hall–Kier alpha value is -1.58. The topological polar surface area (TPSA) is 45.2 Å². The lowest BCUT2D eigenvalue weighted by Crippen LogP contribution is -2.28. The second kappa shape index (κ2) is 6.73. The number of nitrogens with one attached hydrogen (secondary N) is 1. The molecule has 0 radical (unpaired) electrons. The number of hydrogen-bond acceptors (Lipinski definition) is 3. The van der Waals surface area contributed by atoms with Crippen LogP contribution in [-0.4, -0.2) is 35.4 Å². The highest BCUT2D eigenvalue weighted by Crippen LogP contribution is 2.20. The average molecular weight is 275 g/mol. The number of anilines is 1. The van der Waals surface area contributed by atoms with Gasteiger partial charge in [0.1, 0.15) is 5.82 Å². The minimum Gasteiger partial charge on any atom is -0.370 e. The van der Waals surface area contributed by atoms with Crippen molar-refractivity contribution in [1.82, 2.24) is 9.88 Å². The third kappa shape index (κ3) is 3.50. The first-order chi connectivity index (χ1) is 9.63. The van der Waals surface area contributed by atoms with Gasteiger partial charge in [-0.3, -0.25) is 4.79 Å². The number of amides is 1. The maximum absolute atomic E-state index is 12.6. The van der Waals surface area contributed by atoms with E-state index in [1.807, 2.05) is 24.0 Å². The molecule has 2 rings (SSSR count). The first-order valence-electron chi connectivity index (χ1n) is 7.68. The highest BCUT2D eigenvalue weighted by Gasteiger charge is 2.24. The normalized spacial score (nSPS) is 18.4. The number of pyridine rings is 1. The summed E-state index contributed by atoms with van der Waals surface area (Å²) in [7, 11) is 0. The Labute approximate surface area is 121 Å². The zero-order valence-corrected chi connectivity index (χ0v) is 12.8. The van der Waals surface area contributed by atoms with Crippen LogP contribution in [0.3, 0.4) is 0 Å². The first kappa shape index (κ1) is 14.8. The van der Waals surface area contributed by atoms with Gasteiger partial charge in [-0.1, -0.05) is 20.3 Å². The Bertz CT molecular complexity index is 449. The van der Waals surface area contributed by atoms with Gasteiger partial charge in [-0.25, -0.2) is 4.98 Å². The summed E-state index contributed by atoms with van der Waals surface area (Å²) in [5.41, 5.74) is 1.77. The van der Waals surface area contributed by atoms with E-state index in [1.165, 1.54) is 0 Å². The fraction of sp³-hybridized carbons (Fsp3) is 0.625. The number of carbonyl (C=O) groups excluding carboxylic acids is 1. The summed E-state index contributed by atoms with van der Waals surface area (Å²) >= 11 is 0. The highest BCUT2D eigenvalue weighted by atomic mass is 16.2. The van der Waals surface area contributed by atoms with Crippen molar-refractivity contribution < 1.29 is 4.79 Å². The summed E-state index contributed by atoms with van der Waals surface area (Å²) in [5, 5.41) is 3.22. The monoisotopic (exact) mass is 275 g/mol. The van der Waals surface area contributed by atoms with Gasteiger partial charge in [-0.15, -0.1) is 0 Å². The Morgan fingerprint density at radius 1 is 1.45 bits per heavy atom. The Morgan fingerprint density at radius 3 is 2.85 bits per heavy atom. The molecular weight excluding hydrogens is 250 g/mol. The number of likely N-dealkylation sites (tertiary alicyclic amines) is 1. The third-order valence-electron chi connectivity index (χ3n) is 3.70. The highest BCUT2D eigenvalue weighted by molar-refractivity contribution is 5.95. The second-order valence-electron chi connectivity index (χ2n) is 5.66. The first-order valence-corrected chi connectivity index (χ1v) is 7.68. The molecule has 1 aliphatic rings. The van der Waals surface area contributed by atoms with Gasteiger partial charge in [0.2, 0.25) is 0 Å². The maximum atomic E-state index is 12.6. The summed E-state index contributed by atoms with van der Waals surface area (Å²) in [4.78, 5) is 19.1. The second-order valence-corrected chi connectivity index (χ2v) is 5.66. The van der Waals surface area contributed by atoms with Gasteiger partial charge >= 0.3 is 0 Å². The SMILES string of the molecule is CCCc1cc(C(=O)N2CCC(C)C2)cc(NCC)n1. The van der Waals surface area contributed by atoms with Crippen LogP contribution in [0.5, 0.6) is 0 Å². The Kier molecular flexibility index (Phi) is 4.99. The molecule has 1 unspecified atom stereocenters. The molecule has 0 aliphatic carbocycles. The largest absolute Gasteiger partial charge is 0.370 e. The Balaban J connectivity index is 2.22. The summed E-state index contributed by atoms with van der Waals surface area (Å²) in [6.07, 6.45) is 3.06. The zero-order valence-electron chi connectivity index (χ0n) is 12.8. The minimum atomic E-state index is 0.147. The molecule has 0 bridgehead atoms. The number of hydrogen-bond donors (Lipinski definition) is 1. The van der Waals surface area contributed by atoms with Crippen molar-refractivity contribution in [2.45, 2.75) is 40.0 Å². The number of aryl methyl sites for hydroxylation is 1. The molecule has 20 heavy (non-hydrogen) atoms. The number of rotatable bonds is 5. The van der Waals surface area contributed by atoms with Gasteiger partial charge in [0.25, 0.3) is 5.91 Å². The van der Waals surface area contributed by atoms with Crippen molar-refractivity contribution in [3.63, 3.8) is 0 Å². The number of carbonyl (C=O) groups is 1. The quantitative estimate of drug-likeness (QED) is 0.898. The van der Waals surface area contributed by atoms with Gasteiger partial charge in [0.05, 0.1) is 0 Å². The lowest BCUT2D eigenvalue weighted by molar-refractivity contribution is 0.0788. The maximum Gasteiger partial charge on any atom is 0.254 e. The van der Waals surface area contributed by atoms with E-state index in [0.717, 1.165) is 56.0 Å². The molecule has 1 aromatic rings. The molecule has 1 fully saturated rings. The summed E-state index contributed by atoms with van der Waals surface area (Å²) in [5.74, 6) is 1.58. The van der Waals surface area contributed by atoms with Crippen molar-refractivity contribution in [3.05, 3.63) is 23.4 Å². The summed E-state index contributed by atoms with van der Waals surface area (Å²) in [6, 6.07) is 3.84. The lowest BCUT2D eigenvalue weighted by atomic mass is 10.1. The van der Waals surface area contributed by atoms with Crippen molar-refractivity contribution in [3.8, 4) is 0 Å². The zero-order chi connectivity index (χ0) is 14.5. The standard InChI is InChI=1S/C16H25N3O/c1-4-6-14-9-13(10-15(18-14)17-5-2)16(20)19-8-7-12(3)11-19/h9-10,12H,4-8,11H2,1-3H3,(H,17,18). The Morgan fingerprint density at radius 2 is 2.25 bits per heavy atom. The smallest absolute Gasteiger partial charge is 0.254 e. The van der Waals surface area contributed by atoms with Crippen LogP contribution >= 0.6 is 0 Å². The van der Waals surface area contributed by atoms with Gasteiger partial charge in [0, 0.05) is 30.9 Å². The van der Waals surface area contributed by atoms with Crippen molar-refractivity contribution in [1.29, 1.82) is 0 Å². The molecule has 0 spiro atoms. The van der Waals surface area contributed by atoms with Gasteiger partial charge in [-0.05, 0) is 37.8 Å². The van der Waals surface area contributed by atoms with Crippen LogP contribution in [0.15, 0.2) is 12.1 Å². The number of nitrogens with zero attached hydrogens (tertiary/aromatic N) is 2. The van der Waals surface area contributed by atoms with Gasteiger partial charge < -0.3 is 10.2 Å². The number of aromatic nitrogens is 1. The van der Waals surface area contributed by atoms with Crippen LogP contribution in [0.25, 0.3) is 0 Å². The molecule has 0 aromatic carbocycles. The van der Waals surface area contributed by atoms with Crippen LogP contribution in [0.4, 0.5) is 5.82 Å². The van der Waals surface area contributed by atoms with Crippen LogP contribution < -0.4 is 5.32 Å². The fourth-order valence-electron chi connectivity index (χ4n) is 2.67. The van der Waals surface area contributed by atoms with Gasteiger partial charge in [0.15, 0.2) is 0 Å². The molecule has 1 aromatic heterocycles. The van der Waals surface area contributed by atoms with E-state index in [1.54, 1.807) is 0 Å². The van der Waals surface area contributed by atoms with Crippen LogP contribution in [0.2, 0.25) is 0 Å². The van der Waals surface area contributed by atoms with Crippen molar-refractivity contribution in [2.24, 2.45) is 5.92 Å². The summed E-state index contributed by atoms with van der Waals surface area (Å²) < 4.78 is 0. The van der Waals surface area contributed by atoms with E-state index in [2.05, 4.69) is 24.1 Å². The van der Waals surface area contributed by atoms with Gasteiger partial charge in [-0.2, -0.15) is 0 Å². The molecule has 1 aliphatic heterocycles. The van der Waals surface area contributed by atoms with E-state index >= 15 is 0 Å². The molecule has 0 saturated carbocycles.